The third kappa shape index (κ3) is 7.60. The van der Waals surface area contributed by atoms with Crippen molar-refractivity contribution in [3.63, 3.8) is 0 Å². The monoisotopic (exact) mass is 155 g/mol. The largest absolute Gasteiger partial charge is 0.330 e. The van der Waals surface area contributed by atoms with Gasteiger partial charge in [-0.1, -0.05) is 38.8 Å². The van der Waals surface area contributed by atoms with E-state index in [2.05, 4.69) is 26.0 Å². The van der Waals surface area contributed by atoms with Crippen LogP contribution in [0.3, 0.4) is 0 Å². The quantitative estimate of drug-likeness (QED) is 0.586. The average Bonchev–Trinajstić information content (AvgIpc) is 2.01. The van der Waals surface area contributed by atoms with E-state index < -0.39 is 0 Å². The van der Waals surface area contributed by atoms with Crippen LogP contribution in [0, 0.1) is 5.92 Å². The Kier molecular flexibility index (Phi) is 7.59. The molecular formula is C10H21N. The summed E-state index contributed by atoms with van der Waals surface area (Å²) in [4.78, 5) is 0. The SMILES string of the molecule is CCCCC(C)/C=C\CCN. The standard InChI is InChI=1S/C10H21N/c1-3-4-7-10(2)8-5-6-9-11/h5,8,10H,3-4,6-7,9,11H2,1-2H3/b8-5-. The van der Waals surface area contributed by atoms with Crippen LogP contribution in [0.1, 0.15) is 39.5 Å². The number of unbranched alkanes of at least 4 members (excludes halogenated alkanes) is 1. The molecule has 0 saturated heterocycles. The molecular weight excluding hydrogens is 134 g/mol. The molecule has 0 radical (unpaired) electrons. The first-order valence-corrected chi connectivity index (χ1v) is 4.68. The fourth-order valence-electron chi connectivity index (χ4n) is 1.05. The van der Waals surface area contributed by atoms with Crippen molar-refractivity contribution >= 4 is 0 Å². The summed E-state index contributed by atoms with van der Waals surface area (Å²) in [6, 6.07) is 0. The maximum Gasteiger partial charge on any atom is -0.00426 e. The second-order valence-electron chi connectivity index (χ2n) is 3.13. The third-order valence-electron chi connectivity index (χ3n) is 1.81. The average molecular weight is 155 g/mol. The van der Waals surface area contributed by atoms with E-state index in [0.717, 1.165) is 18.9 Å². The van der Waals surface area contributed by atoms with Crippen molar-refractivity contribution in [2.45, 2.75) is 39.5 Å². The first kappa shape index (κ1) is 10.7. The highest BCUT2D eigenvalue weighted by Crippen LogP contribution is 2.08. The molecule has 0 heterocycles. The van der Waals surface area contributed by atoms with E-state index in [1.54, 1.807) is 0 Å². The highest BCUT2D eigenvalue weighted by atomic mass is 14.5. The van der Waals surface area contributed by atoms with Crippen LogP contribution < -0.4 is 5.73 Å². The van der Waals surface area contributed by atoms with Gasteiger partial charge in [-0.25, -0.2) is 0 Å². The van der Waals surface area contributed by atoms with Crippen LogP contribution in [0.4, 0.5) is 0 Å². The maximum atomic E-state index is 5.36. The Labute approximate surface area is 70.7 Å². The van der Waals surface area contributed by atoms with Gasteiger partial charge in [0.15, 0.2) is 0 Å². The number of nitrogens with two attached hydrogens (primary N) is 1. The third-order valence-corrected chi connectivity index (χ3v) is 1.81. The molecule has 66 valence electrons. The number of hydrogen-bond donors (Lipinski definition) is 1. The van der Waals surface area contributed by atoms with Crippen molar-refractivity contribution in [3.05, 3.63) is 12.2 Å². The fraction of sp³-hybridized carbons (Fsp3) is 0.800. The molecule has 0 aromatic heterocycles. The summed E-state index contributed by atoms with van der Waals surface area (Å²) in [7, 11) is 0. The van der Waals surface area contributed by atoms with E-state index in [4.69, 9.17) is 5.73 Å². The van der Waals surface area contributed by atoms with Gasteiger partial charge in [0.2, 0.25) is 0 Å². The Morgan fingerprint density at radius 1 is 1.45 bits per heavy atom. The van der Waals surface area contributed by atoms with Gasteiger partial charge < -0.3 is 5.73 Å². The van der Waals surface area contributed by atoms with Gasteiger partial charge in [0, 0.05) is 0 Å². The molecule has 0 spiro atoms. The Hall–Kier alpha value is -0.300. The lowest BCUT2D eigenvalue weighted by Gasteiger charge is -2.03. The van der Waals surface area contributed by atoms with Gasteiger partial charge in [0.25, 0.3) is 0 Å². The van der Waals surface area contributed by atoms with E-state index in [1.165, 1.54) is 19.3 Å². The molecule has 0 saturated carbocycles. The minimum atomic E-state index is 0.737. The number of hydrogen-bond acceptors (Lipinski definition) is 1. The molecule has 0 bridgehead atoms. The molecule has 0 aromatic carbocycles. The maximum absolute atomic E-state index is 5.36. The van der Waals surface area contributed by atoms with Gasteiger partial charge >= 0.3 is 0 Å². The van der Waals surface area contributed by atoms with Crippen molar-refractivity contribution < 1.29 is 0 Å². The van der Waals surface area contributed by atoms with E-state index >= 15 is 0 Å². The molecule has 1 atom stereocenters. The molecule has 1 unspecified atom stereocenters. The zero-order chi connectivity index (χ0) is 8.53. The Morgan fingerprint density at radius 2 is 2.18 bits per heavy atom. The van der Waals surface area contributed by atoms with Gasteiger partial charge in [-0.05, 0) is 25.3 Å². The highest BCUT2D eigenvalue weighted by molar-refractivity contribution is 4.86. The topological polar surface area (TPSA) is 26.0 Å². The fourth-order valence-corrected chi connectivity index (χ4v) is 1.05. The highest BCUT2D eigenvalue weighted by Gasteiger charge is 1.93. The van der Waals surface area contributed by atoms with Crippen molar-refractivity contribution in [2.75, 3.05) is 6.54 Å². The second kappa shape index (κ2) is 7.80. The molecule has 0 aliphatic heterocycles. The molecule has 0 amide bonds. The smallest absolute Gasteiger partial charge is 0.00426 e. The molecule has 0 fully saturated rings. The minimum absolute atomic E-state index is 0.737. The predicted molar refractivity (Wildman–Crippen MR) is 51.5 cm³/mol. The lowest BCUT2D eigenvalue weighted by molar-refractivity contribution is 0.596. The molecule has 11 heavy (non-hydrogen) atoms. The van der Waals surface area contributed by atoms with Crippen LogP contribution in [0.15, 0.2) is 12.2 Å². The minimum Gasteiger partial charge on any atom is -0.330 e. The van der Waals surface area contributed by atoms with Crippen LogP contribution >= 0.6 is 0 Å². The van der Waals surface area contributed by atoms with Crippen molar-refractivity contribution in [1.82, 2.24) is 0 Å². The van der Waals surface area contributed by atoms with Crippen molar-refractivity contribution in [1.29, 1.82) is 0 Å². The first-order chi connectivity index (χ1) is 5.31. The second-order valence-corrected chi connectivity index (χ2v) is 3.13. The molecule has 0 aliphatic carbocycles. The summed E-state index contributed by atoms with van der Waals surface area (Å²) < 4.78 is 0. The lowest BCUT2D eigenvalue weighted by atomic mass is 10.0. The molecule has 0 aliphatic rings. The summed E-state index contributed by atoms with van der Waals surface area (Å²) in [5.74, 6) is 0.737. The van der Waals surface area contributed by atoms with Crippen LogP contribution in [0.2, 0.25) is 0 Å². The summed E-state index contributed by atoms with van der Waals surface area (Å²) >= 11 is 0. The Morgan fingerprint density at radius 3 is 2.73 bits per heavy atom. The van der Waals surface area contributed by atoms with Crippen molar-refractivity contribution in [2.24, 2.45) is 11.7 Å². The van der Waals surface area contributed by atoms with Gasteiger partial charge in [-0.15, -0.1) is 0 Å². The molecule has 2 N–H and O–H groups in total. The van der Waals surface area contributed by atoms with Gasteiger partial charge in [0.1, 0.15) is 0 Å². The first-order valence-electron chi connectivity index (χ1n) is 4.68. The lowest BCUT2D eigenvalue weighted by Crippen LogP contribution is -1.96. The van der Waals surface area contributed by atoms with Gasteiger partial charge in [0.05, 0.1) is 0 Å². The summed E-state index contributed by atoms with van der Waals surface area (Å²) in [5, 5.41) is 0. The van der Waals surface area contributed by atoms with E-state index in [9.17, 15) is 0 Å². The zero-order valence-corrected chi connectivity index (χ0v) is 7.84. The normalized spacial score (nSPS) is 14.1. The van der Waals surface area contributed by atoms with Crippen LogP contribution in [-0.4, -0.2) is 6.54 Å². The number of allylic oxidation sites excluding steroid dienone is 1. The van der Waals surface area contributed by atoms with Crippen LogP contribution in [0.25, 0.3) is 0 Å². The molecule has 1 heteroatoms. The summed E-state index contributed by atoms with van der Waals surface area (Å²) in [5.41, 5.74) is 5.36. The van der Waals surface area contributed by atoms with Crippen molar-refractivity contribution in [3.8, 4) is 0 Å². The number of rotatable bonds is 6. The molecule has 0 rings (SSSR count). The van der Waals surface area contributed by atoms with Crippen LogP contribution in [0.5, 0.6) is 0 Å². The summed E-state index contributed by atoms with van der Waals surface area (Å²) in [6.07, 6.45) is 9.46. The van der Waals surface area contributed by atoms with Gasteiger partial charge in [-0.2, -0.15) is 0 Å². The van der Waals surface area contributed by atoms with Gasteiger partial charge in [-0.3, -0.25) is 0 Å². The predicted octanol–water partition coefficient (Wildman–Crippen LogP) is 2.72. The van der Waals surface area contributed by atoms with E-state index in [1.807, 2.05) is 0 Å². The Bertz CT molecular complexity index is 97.0. The molecule has 1 nitrogen and oxygen atoms in total. The van der Waals surface area contributed by atoms with E-state index in [-0.39, 0.29) is 0 Å². The molecule has 0 aromatic rings. The zero-order valence-electron chi connectivity index (χ0n) is 7.84. The van der Waals surface area contributed by atoms with Crippen LogP contribution in [-0.2, 0) is 0 Å². The Balaban J connectivity index is 3.27. The van der Waals surface area contributed by atoms with E-state index in [0.29, 0.717) is 0 Å². The summed E-state index contributed by atoms with van der Waals surface area (Å²) in [6.45, 7) is 5.27.